The zero-order valence-corrected chi connectivity index (χ0v) is 17.9. The summed E-state index contributed by atoms with van der Waals surface area (Å²) in [7, 11) is 1.63. The third-order valence-electron chi connectivity index (χ3n) is 5.20. The van der Waals surface area contributed by atoms with Crippen LogP contribution in [0.1, 0.15) is 46.6 Å². The summed E-state index contributed by atoms with van der Waals surface area (Å²) in [6, 6.07) is 11.7. The van der Waals surface area contributed by atoms with Gasteiger partial charge in [0, 0.05) is 4.70 Å². The number of ether oxygens (including phenoxy) is 2. The molecule has 0 bridgehead atoms. The van der Waals surface area contributed by atoms with Crippen LogP contribution in [0.3, 0.4) is 0 Å². The Morgan fingerprint density at radius 2 is 2.03 bits per heavy atom. The van der Waals surface area contributed by atoms with Crippen molar-refractivity contribution in [3.05, 3.63) is 58.0 Å². The molecule has 1 N–H and O–H groups in total. The van der Waals surface area contributed by atoms with E-state index in [1.807, 2.05) is 31.2 Å². The van der Waals surface area contributed by atoms with Gasteiger partial charge in [0.15, 0.2) is 0 Å². The van der Waals surface area contributed by atoms with Crippen LogP contribution in [-0.4, -0.2) is 24.8 Å². The molecule has 1 amide bonds. The number of carbonyl (C=O) groups excluding carboxylic acids is 1. The van der Waals surface area contributed by atoms with E-state index < -0.39 is 0 Å². The van der Waals surface area contributed by atoms with E-state index in [1.165, 1.54) is 16.9 Å². The van der Waals surface area contributed by atoms with E-state index in [0.29, 0.717) is 4.88 Å². The van der Waals surface area contributed by atoms with Gasteiger partial charge in [-0.3, -0.25) is 4.79 Å². The molecule has 0 saturated heterocycles. The normalized spacial score (nSPS) is 15.2. The molecule has 29 heavy (non-hydrogen) atoms. The van der Waals surface area contributed by atoms with Gasteiger partial charge in [-0.2, -0.15) is 5.10 Å². The number of thiophene rings is 1. The molecule has 0 radical (unpaired) electrons. The van der Waals surface area contributed by atoms with Crippen LogP contribution >= 0.6 is 11.3 Å². The maximum absolute atomic E-state index is 12.7. The fraction of sp³-hybridized carbons (Fsp3) is 0.304. The number of benzene rings is 2. The largest absolute Gasteiger partial charge is 0.497 e. The minimum atomic E-state index is -0.201. The van der Waals surface area contributed by atoms with Crippen LogP contribution in [0.25, 0.3) is 10.1 Å². The van der Waals surface area contributed by atoms with Crippen LogP contribution in [0.2, 0.25) is 0 Å². The van der Waals surface area contributed by atoms with Crippen LogP contribution in [0.5, 0.6) is 11.5 Å². The molecule has 3 aromatic rings. The number of nitrogens with one attached hydrogen (secondary N) is 1. The van der Waals surface area contributed by atoms with Crippen molar-refractivity contribution < 1.29 is 14.3 Å². The van der Waals surface area contributed by atoms with Gasteiger partial charge in [0.2, 0.25) is 0 Å². The monoisotopic (exact) mass is 408 g/mol. The third kappa shape index (κ3) is 3.98. The molecular weight excluding hydrogens is 384 g/mol. The molecule has 6 heteroatoms. The van der Waals surface area contributed by atoms with Crippen molar-refractivity contribution in [1.82, 2.24) is 5.43 Å². The van der Waals surface area contributed by atoms with Crippen molar-refractivity contribution >= 4 is 33.5 Å². The smallest absolute Gasteiger partial charge is 0.281 e. The fourth-order valence-electron chi connectivity index (χ4n) is 3.49. The lowest BCUT2D eigenvalue weighted by Crippen LogP contribution is -2.32. The molecule has 1 aliphatic rings. The second kappa shape index (κ2) is 7.52. The Hall–Kier alpha value is -2.86. The lowest BCUT2D eigenvalue weighted by atomic mass is 9.93. The number of carbonyl (C=O) groups is 1. The number of nitrogens with zero attached hydrogens (tertiary/aromatic N) is 1. The Balaban J connectivity index is 1.54. The second-order valence-electron chi connectivity index (χ2n) is 7.85. The van der Waals surface area contributed by atoms with Crippen molar-refractivity contribution in [3.8, 4) is 11.5 Å². The molecule has 0 fully saturated rings. The predicted molar refractivity (Wildman–Crippen MR) is 118 cm³/mol. The van der Waals surface area contributed by atoms with Gasteiger partial charge in [0.05, 0.1) is 18.2 Å². The molecule has 4 rings (SSSR count). The summed E-state index contributed by atoms with van der Waals surface area (Å²) in [4.78, 5) is 13.4. The molecule has 0 aliphatic carbocycles. The summed E-state index contributed by atoms with van der Waals surface area (Å²) < 4.78 is 12.3. The Bertz CT molecular complexity index is 1100. The van der Waals surface area contributed by atoms with Gasteiger partial charge in [-0.1, -0.05) is 0 Å². The van der Waals surface area contributed by atoms with Crippen LogP contribution in [0.15, 0.2) is 41.5 Å². The van der Waals surface area contributed by atoms with Crippen molar-refractivity contribution in [3.63, 3.8) is 0 Å². The molecule has 0 atom stereocenters. The lowest BCUT2D eigenvalue weighted by Gasteiger charge is -2.32. The number of amides is 1. The molecule has 5 nitrogen and oxygen atoms in total. The molecule has 2 heterocycles. The average molecular weight is 409 g/mol. The van der Waals surface area contributed by atoms with E-state index in [4.69, 9.17) is 9.47 Å². The van der Waals surface area contributed by atoms with Gasteiger partial charge in [-0.05, 0) is 92.1 Å². The first-order valence-corrected chi connectivity index (χ1v) is 10.4. The molecule has 2 aromatic carbocycles. The highest BCUT2D eigenvalue weighted by Gasteiger charge is 2.27. The topological polar surface area (TPSA) is 59.9 Å². The first-order valence-electron chi connectivity index (χ1n) is 9.59. The SMILES string of the molecule is COc1ccc(/C=N/NC(=O)c2sc3cc4c(cc3c2C)CCC(C)(C)O4)cc1. The third-order valence-corrected chi connectivity index (χ3v) is 6.46. The second-order valence-corrected chi connectivity index (χ2v) is 8.90. The Morgan fingerprint density at radius 3 is 2.76 bits per heavy atom. The number of hydrogen-bond donors (Lipinski definition) is 1. The molecule has 0 unspecified atom stereocenters. The molecule has 1 aromatic heterocycles. The van der Waals surface area contributed by atoms with Crippen molar-refractivity contribution in [2.24, 2.45) is 5.10 Å². The summed E-state index contributed by atoms with van der Waals surface area (Å²) in [5.41, 5.74) is 5.56. The number of rotatable bonds is 4. The van der Waals surface area contributed by atoms with E-state index in [-0.39, 0.29) is 11.5 Å². The van der Waals surface area contributed by atoms with Crippen molar-refractivity contribution in [2.45, 2.75) is 39.2 Å². The number of aryl methyl sites for hydroxylation is 2. The predicted octanol–water partition coefficient (Wildman–Crippen LogP) is 5.09. The molecule has 1 aliphatic heterocycles. The van der Waals surface area contributed by atoms with E-state index in [0.717, 1.165) is 45.6 Å². The first kappa shape index (κ1) is 19.5. The molecular formula is C23H24N2O3S. The van der Waals surface area contributed by atoms with Crippen molar-refractivity contribution in [2.75, 3.05) is 7.11 Å². The van der Waals surface area contributed by atoms with Gasteiger partial charge < -0.3 is 9.47 Å². The van der Waals surface area contributed by atoms with Crippen LogP contribution in [0, 0.1) is 6.92 Å². The quantitative estimate of drug-likeness (QED) is 0.483. The Morgan fingerprint density at radius 1 is 1.28 bits per heavy atom. The first-order chi connectivity index (χ1) is 13.9. The van der Waals surface area contributed by atoms with Gasteiger partial charge in [-0.15, -0.1) is 11.3 Å². The van der Waals surface area contributed by atoms with Gasteiger partial charge >= 0.3 is 0 Å². The summed E-state index contributed by atoms with van der Waals surface area (Å²) >= 11 is 1.47. The van der Waals surface area contributed by atoms with E-state index in [9.17, 15) is 4.79 Å². The minimum Gasteiger partial charge on any atom is -0.497 e. The fourth-order valence-corrected chi connectivity index (χ4v) is 4.60. The summed E-state index contributed by atoms with van der Waals surface area (Å²) in [6.45, 7) is 6.21. The number of hydrogen-bond acceptors (Lipinski definition) is 5. The van der Waals surface area contributed by atoms with E-state index in [1.54, 1.807) is 13.3 Å². The van der Waals surface area contributed by atoms with Crippen LogP contribution in [-0.2, 0) is 6.42 Å². The standard InChI is InChI=1S/C23H24N2O3S/c1-14-18-11-16-9-10-23(2,3)28-19(16)12-20(18)29-21(14)22(26)25-24-13-15-5-7-17(27-4)8-6-15/h5-8,11-13H,9-10H2,1-4H3,(H,25,26)/b24-13+. The zero-order chi connectivity index (χ0) is 20.6. The van der Waals surface area contributed by atoms with E-state index >= 15 is 0 Å². The van der Waals surface area contributed by atoms with Crippen molar-refractivity contribution in [1.29, 1.82) is 0 Å². The summed E-state index contributed by atoms with van der Waals surface area (Å²) in [6.07, 6.45) is 3.60. The highest BCUT2D eigenvalue weighted by atomic mass is 32.1. The maximum Gasteiger partial charge on any atom is 0.281 e. The number of fused-ring (bicyclic) bond motifs is 2. The zero-order valence-electron chi connectivity index (χ0n) is 17.0. The minimum absolute atomic E-state index is 0.149. The van der Waals surface area contributed by atoms with Gasteiger partial charge in [-0.25, -0.2) is 5.43 Å². The summed E-state index contributed by atoms with van der Waals surface area (Å²) in [5.74, 6) is 1.51. The number of methoxy groups -OCH3 is 1. The Labute approximate surface area is 174 Å². The maximum atomic E-state index is 12.7. The Kier molecular flexibility index (Phi) is 5.04. The average Bonchev–Trinajstić information content (AvgIpc) is 3.02. The van der Waals surface area contributed by atoms with Crippen LogP contribution in [0.4, 0.5) is 0 Å². The molecule has 0 spiro atoms. The van der Waals surface area contributed by atoms with E-state index in [2.05, 4.69) is 36.5 Å². The van der Waals surface area contributed by atoms with Gasteiger partial charge in [0.25, 0.3) is 5.91 Å². The van der Waals surface area contributed by atoms with Crippen LogP contribution < -0.4 is 14.9 Å². The highest BCUT2D eigenvalue weighted by molar-refractivity contribution is 7.21. The molecule has 0 saturated carbocycles. The van der Waals surface area contributed by atoms with Gasteiger partial charge in [0.1, 0.15) is 17.1 Å². The summed E-state index contributed by atoms with van der Waals surface area (Å²) in [5, 5.41) is 5.21. The number of hydrazone groups is 1. The highest BCUT2D eigenvalue weighted by Crippen LogP contribution is 2.40. The lowest BCUT2D eigenvalue weighted by molar-refractivity contribution is 0.0849. The molecule has 150 valence electrons.